The lowest BCUT2D eigenvalue weighted by Gasteiger charge is -2.05. The smallest absolute Gasteiger partial charge is 0.407 e. The van der Waals surface area contributed by atoms with Crippen LogP contribution in [0.3, 0.4) is 0 Å². The molecule has 0 unspecified atom stereocenters. The van der Waals surface area contributed by atoms with Crippen LogP contribution in [0, 0.1) is 10.1 Å². The molecule has 3 aromatic rings. The number of oxazole rings is 1. The molecule has 0 atom stereocenters. The minimum Gasteiger partial charge on any atom is -0.407 e. The first kappa shape index (κ1) is 14.0. The summed E-state index contributed by atoms with van der Waals surface area (Å²) in [6.45, 7) is 0. The van der Waals surface area contributed by atoms with E-state index in [1.54, 1.807) is 6.07 Å². The highest BCUT2D eigenvalue weighted by atomic mass is 32.2. The number of aromatic nitrogens is 1. The summed E-state index contributed by atoms with van der Waals surface area (Å²) in [5, 5.41) is 11.0. The Morgan fingerprint density at radius 2 is 1.68 bits per heavy atom. The molecule has 0 bridgehead atoms. The van der Waals surface area contributed by atoms with E-state index in [4.69, 9.17) is 4.42 Å². The number of rotatable bonds is 3. The van der Waals surface area contributed by atoms with Gasteiger partial charge in [0.15, 0.2) is 10.5 Å². The molecule has 0 aliphatic carbocycles. The summed E-state index contributed by atoms with van der Waals surface area (Å²) in [6, 6.07) is 10.7. The molecule has 0 radical (unpaired) electrons. The number of nitro groups is 1. The van der Waals surface area contributed by atoms with E-state index in [9.17, 15) is 23.3 Å². The molecule has 8 nitrogen and oxygen atoms in total. The number of fused-ring (bicyclic) bond motifs is 1. The van der Waals surface area contributed by atoms with Gasteiger partial charge in [0.05, 0.1) is 4.92 Å². The van der Waals surface area contributed by atoms with Gasteiger partial charge in [-0.3, -0.25) is 10.1 Å². The van der Waals surface area contributed by atoms with Crippen molar-refractivity contribution in [2.75, 3.05) is 0 Å². The fourth-order valence-corrected chi connectivity index (χ4v) is 3.59. The number of para-hydroxylation sites is 3. The molecule has 0 N–H and O–H groups in total. The van der Waals surface area contributed by atoms with Gasteiger partial charge in [-0.05, 0) is 18.2 Å². The number of nitrogens with zero attached hydrogens (tertiary/aromatic N) is 2. The zero-order valence-corrected chi connectivity index (χ0v) is 11.7. The lowest BCUT2D eigenvalue weighted by atomic mass is 10.3. The minimum absolute atomic E-state index is 0.0191. The van der Waals surface area contributed by atoms with Gasteiger partial charge in [0, 0.05) is 6.07 Å². The van der Waals surface area contributed by atoms with Crippen molar-refractivity contribution in [3.05, 3.63) is 69.2 Å². The molecule has 1 aromatic heterocycles. The molecule has 3 rings (SSSR count). The molecule has 22 heavy (non-hydrogen) atoms. The van der Waals surface area contributed by atoms with Crippen molar-refractivity contribution in [1.82, 2.24) is 3.97 Å². The van der Waals surface area contributed by atoms with E-state index >= 15 is 0 Å². The Bertz CT molecular complexity index is 1050. The molecule has 0 amide bonds. The highest BCUT2D eigenvalue weighted by molar-refractivity contribution is 7.90. The van der Waals surface area contributed by atoms with Gasteiger partial charge in [-0.1, -0.05) is 24.3 Å². The third-order valence-electron chi connectivity index (χ3n) is 3.03. The quantitative estimate of drug-likeness (QED) is 0.536. The summed E-state index contributed by atoms with van der Waals surface area (Å²) in [6.07, 6.45) is 0. The molecule has 0 aliphatic heterocycles. The number of benzene rings is 2. The monoisotopic (exact) mass is 320 g/mol. The van der Waals surface area contributed by atoms with Crippen molar-refractivity contribution in [2.45, 2.75) is 4.90 Å². The van der Waals surface area contributed by atoms with Crippen LogP contribution in [0.4, 0.5) is 5.69 Å². The summed E-state index contributed by atoms with van der Waals surface area (Å²) in [4.78, 5) is 21.5. The Morgan fingerprint density at radius 1 is 1.05 bits per heavy atom. The van der Waals surface area contributed by atoms with Crippen LogP contribution in [-0.2, 0) is 10.0 Å². The normalized spacial score (nSPS) is 11.6. The third kappa shape index (κ3) is 1.99. The van der Waals surface area contributed by atoms with Crippen molar-refractivity contribution in [3.8, 4) is 0 Å². The molecular formula is C13H8N2O6S. The molecule has 0 spiro atoms. The van der Waals surface area contributed by atoms with Gasteiger partial charge in [0.2, 0.25) is 0 Å². The minimum atomic E-state index is -4.46. The van der Waals surface area contributed by atoms with Crippen molar-refractivity contribution in [3.63, 3.8) is 0 Å². The Balaban J connectivity index is 2.38. The summed E-state index contributed by atoms with van der Waals surface area (Å²) >= 11 is 0. The summed E-state index contributed by atoms with van der Waals surface area (Å²) in [5.74, 6) is -1.13. The largest absolute Gasteiger partial charge is 0.434 e. The molecular weight excluding hydrogens is 312 g/mol. The second-order valence-corrected chi connectivity index (χ2v) is 6.09. The van der Waals surface area contributed by atoms with Crippen molar-refractivity contribution in [1.29, 1.82) is 0 Å². The Hall–Kier alpha value is -2.94. The van der Waals surface area contributed by atoms with E-state index in [0.717, 1.165) is 12.1 Å². The third-order valence-corrected chi connectivity index (χ3v) is 4.75. The second kappa shape index (κ2) is 4.81. The lowest BCUT2D eigenvalue weighted by molar-refractivity contribution is -0.387. The predicted molar refractivity (Wildman–Crippen MR) is 76.2 cm³/mol. The Morgan fingerprint density at radius 3 is 2.41 bits per heavy atom. The van der Waals surface area contributed by atoms with Crippen LogP contribution in [-0.4, -0.2) is 17.3 Å². The summed E-state index contributed by atoms with van der Waals surface area (Å²) < 4.78 is 30.6. The maximum atomic E-state index is 12.7. The van der Waals surface area contributed by atoms with Crippen LogP contribution in [0.1, 0.15) is 0 Å². The van der Waals surface area contributed by atoms with E-state index in [1.807, 2.05) is 0 Å². The molecule has 0 aliphatic rings. The maximum absolute atomic E-state index is 12.7. The Kier molecular flexibility index (Phi) is 3.06. The summed E-state index contributed by atoms with van der Waals surface area (Å²) in [5.41, 5.74) is -0.514. The van der Waals surface area contributed by atoms with Crippen molar-refractivity contribution in [2.24, 2.45) is 0 Å². The number of nitro benzene ring substituents is 1. The maximum Gasteiger partial charge on any atom is 0.434 e. The zero-order chi connectivity index (χ0) is 15.9. The van der Waals surface area contributed by atoms with Crippen LogP contribution in [0.2, 0.25) is 0 Å². The van der Waals surface area contributed by atoms with Crippen LogP contribution in [0.15, 0.2) is 62.6 Å². The highest BCUT2D eigenvalue weighted by Crippen LogP contribution is 2.26. The van der Waals surface area contributed by atoms with E-state index in [-0.39, 0.29) is 11.1 Å². The van der Waals surface area contributed by atoms with Gasteiger partial charge >= 0.3 is 5.76 Å². The van der Waals surface area contributed by atoms with Crippen LogP contribution >= 0.6 is 0 Å². The first-order valence-corrected chi connectivity index (χ1v) is 7.46. The van der Waals surface area contributed by atoms with E-state index < -0.39 is 31.3 Å². The molecule has 112 valence electrons. The van der Waals surface area contributed by atoms with E-state index in [0.29, 0.717) is 3.97 Å². The van der Waals surface area contributed by atoms with Gasteiger partial charge in [-0.25, -0.2) is 13.2 Å². The molecule has 0 saturated heterocycles. The van der Waals surface area contributed by atoms with Gasteiger partial charge in [0.25, 0.3) is 15.7 Å². The van der Waals surface area contributed by atoms with Gasteiger partial charge in [-0.2, -0.15) is 3.97 Å². The first-order chi connectivity index (χ1) is 10.4. The number of hydrogen-bond donors (Lipinski definition) is 0. The molecule has 0 fully saturated rings. The molecule has 9 heteroatoms. The van der Waals surface area contributed by atoms with Crippen LogP contribution in [0.5, 0.6) is 0 Å². The molecule has 2 aromatic carbocycles. The van der Waals surface area contributed by atoms with E-state index in [1.165, 1.54) is 30.3 Å². The SMILES string of the molecule is O=c1oc2ccccc2n1S(=O)(=O)c1ccccc1[N+](=O)[O-]. The van der Waals surface area contributed by atoms with Crippen molar-refractivity contribution < 1.29 is 17.8 Å². The lowest BCUT2D eigenvalue weighted by Crippen LogP contribution is -2.24. The predicted octanol–water partition coefficient (Wildman–Crippen LogP) is 1.74. The fraction of sp³-hybridized carbons (Fsp3) is 0. The summed E-state index contributed by atoms with van der Waals surface area (Å²) in [7, 11) is -4.46. The van der Waals surface area contributed by atoms with Crippen molar-refractivity contribution >= 4 is 26.8 Å². The average Bonchev–Trinajstić information content (AvgIpc) is 2.83. The molecule has 1 heterocycles. The highest BCUT2D eigenvalue weighted by Gasteiger charge is 2.30. The standard InChI is InChI=1S/C13H8N2O6S/c16-13-14(9-5-1-3-7-11(9)21-13)22(19,20)12-8-4-2-6-10(12)15(17)18/h1-8H. The van der Waals surface area contributed by atoms with Crippen LogP contribution < -0.4 is 5.76 Å². The van der Waals surface area contributed by atoms with Gasteiger partial charge < -0.3 is 4.42 Å². The zero-order valence-electron chi connectivity index (χ0n) is 10.9. The van der Waals surface area contributed by atoms with Gasteiger partial charge in [-0.15, -0.1) is 0 Å². The van der Waals surface area contributed by atoms with Gasteiger partial charge in [0.1, 0.15) is 5.52 Å². The Labute approximate surface area is 123 Å². The topological polar surface area (TPSA) is 112 Å². The average molecular weight is 320 g/mol. The first-order valence-electron chi connectivity index (χ1n) is 6.02. The number of hydrogen-bond acceptors (Lipinski definition) is 6. The van der Waals surface area contributed by atoms with Crippen LogP contribution in [0.25, 0.3) is 11.1 Å². The molecule has 0 saturated carbocycles. The second-order valence-electron chi connectivity index (χ2n) is 4.33. The fourth-order valence-electron chi connectivity index (χ4n) is 2.10. The van der Waals surface area contributed by atoms with E-state index in [2.05, 4.69) is 0 Å².